The van der Waals surface area contributed by atoms with Gasteiger partial charge in [-0.15, -0.1) is 21.5 Å². The van der Waals surface area contributed by atoms with Crippen molar-refractivity contribution in [2.75, 3.05) is 4.90 Å². The predicted molar refractivity (Wildman–Crippen MR) is 115 cm³/mol. The number of hydrogen-bond acceptors (Lipinski definition) is 7. The molecule has 7 nitrogen and oxygen atoms in total. The van der Waals surface area contributed by atoms with Gasteiger partial charge in [-0.25, -0.2) is 4.98 Å². The Balaban J connectivity index is 1.49. The van der Waals surface area contributed by atoms with E-state index in [2.05, 4.69) is 20.2 Å². The number of carbonyl (C=O) groups excluding carboxylic acids is 1. The Morgan fingerprint density at radius 1 is 1.17 bits per heavy atom. The number of anilines is 2. The molecular formula is C20H18N6OS2. The van der Waals surface area contributed by atoms with Crippen molar-refractivity contribution in [3.05, 3.63) is 65.9 Å². The summed E-state index contributed by atoms with van der Waals surface area (Å²) >= 11 is 3.01. The topological polar surface area (TPSA) is 76.8 Å². The van der Waals surface area contributed by atoms with Gasteiger partial charge in [0.25, 0.3) is 0 Å². The Kier molecular flexibility index (Phi) is 5.68. The van der Waals surface area contributed by atoms with Crippen LogP contribution in [0.15, 0.2) is 65.4 Å². The summed E-state index contributed by atoms with van der Waals surface area (Å²) in [6.07, 6.45) is 3.50. The van der Waals surface area contributed by atoms with Gasteiger partial charge in [0.2, 0.25) is 5.91 Å². The summed E-state index contributed by atoms with van der Waals surface area (Å²) < 4.78 is 1.95. The molecule has 1 amide bonds. The van der Waals surface area contributed by atoms with Crippen molar-refractivity contribution in [3.8, 4) is 11.4 Å². The van der Waals surface area contributed by atoms with E-state index in [0.29, 0.717) is 10.9 Å². The predicted octanol–water partition coefficient (Wildman–Crippen LogP) is 4.31. The second-order valence-corrected chi connectivity index (χ2v) is 7.99. The van der Waals surface area contributed by atoms with Gasteiger partial charge in [-0.05, 0) is 24.3 Å². The van der Waals surface area contributed by atoms with Gasteiger partial charge < -0.3 is 4.57 Å². The van der Waals surface area contributed by atoms with Crippen LogP contribution in [0.2, 0.25) is 0 Å². The summed E-state index contributed by atoms with van der Waals surface area (Å²) in [6.45, 7) is 1.54. The van der Waals surface area contributed by atoms with Crippen molar-refractivity contribution in [1.82, 2.24) is 24.7 Å². The lowest BCUT2D eigenvalue weighted by atomic mass is 10.3. The van der Waals surface area contributed by atoms with E-state index in [1.807, 2.05) is 59.5 Å². The molecule has 0 saturated carbocycles. The number of carbonyl (C=O) groups is 1. The zero-order chi connectivity index (χ0) is 20.2. The molecule has 29 heavy (non-hydrogen) atoms. The standard InChI is InChI=1S/C20H18N6OS2/c1-14(27)26(17-8-4-3-5-9-17)19-22-16(12-28-19)13-29-20-24-23-18(25(20)2)15-7-6-10-21-11-15/h3-12H,13H2,1-2H3. The number of aromatic nitrogens is 5. The maximum Gasteiger partial charge on any atom is 0.230 e. The first-order valence-corrected chi connectivity index (χ1v) is 10.7. The van der Waals surface area contributed by atoms with Crippen molar-refractivity contribution < 1.29 is 4.79 Å². The normalized spacial score (nSPS) is 10.8. The number of thiazole rings is 1. The summed E-state index contributed by atoms with van der Waals surface area (Å²) in [5.74, 6) is 1.33. The fourth-order valence-electron chi connectivity index (χ4n) is 2.79. The minimum atomic E-state index is -0.0702. The first kappa shape index (κ1) is 19.3. The van der Waals surface area contributed by atoms with E-state index >= 15 is 0 Å². The minimum absolute atomic E-state index is 0.0702. The molecule has 0 radical (unpaired) electrons. The molecule has 0 fully saturated rings. The quantitative estimate of drug-likeness (QED) is 0.431. The molecule has 9 heteroatoms. The van der Waals surface area contributed by atoms with Gasteiger partial charge in [-0.1, -0.05) is 30.0 Å². The van der Waals surface area contributed by atoms with Crippen LogP contribution in [-0.2, 0) is 17.6 Å². The highest BCUT2D eigenvalue weighted by atomic mass is 32.2. The number of amides is 1. The average molecular weight is 423 g/mol. The van der Waals surface area contributed by atoms with Crippen LogP contribution < -0.4 is 4.90 Å². The third-order valence-electron chi connectivity index (χ3n) is 4.16. The van der Waals surface area contributed by atoms with Gasteiger partial charge in [0.15, 0.2) is 16.1 Å². The summed E-state index contributed by atoms with van der Waals surface area (Å²) in [5.41, 5.74) is 2.62. The maximum absolute atomic E-state index is 12.2. The molecule has 146 valence electrons. The number of thioether (sulfide) groups is 1. The number of nitrogens with zero attached hydrogens (tertiary/aromatic N) is 6. The van der Waals surface area contributed by atoms with Gasteiger partial charge in [0.05, 0.1) is 11.4 Å². The zero-order valence-electron chi connectivity index (χ0n) is 15.9. The first-order valence-electron chi connectivity index (χ1n) is 8.86. The number of para-hydroxylation sites is 1. The van der Waals surface area contributed by atoms with Crippen LogP contribution in [0.4, 0.5) is 10.8 Å². The van der Waals surface area contributed by atoms with Crippen molar-refractivity contribution in [3.63, 3.8) is 0 Å². The minimum Gasteiger partial charge on any atom is -0.305 e. The average Bonchev–Trinajstić information content (AvgIpc) is 3.34. The van der Waals surface area contributed by atoms with Gasteiger partial charge in [0.1, 0.15) is 0 Å². The third kappa shape index (κ3) is 4.20. The molecule has 0 aliphatic carbocycles. The number of rotatable bonds is 6. The van der Waals surface area contributed by atoms with E-state index in [1.54, 1.807) is 36.0 Å². The molecule has 0 aliphatic heterocycles. The lowest BCUT2D eigenvalue weighted by Crippen LogP contribution is -2.22. The summed E-state index contributed by atoms with van der Waals surface area (Å²) in [7, 11) is 1.93. The van der Waals surface area contributed by atoms with Crippen molar-refractivity contribution >= 4 is 39.8 Å². The Morgan fingerprint density at radius 2 is 2.00 bits per heavy atom. The van der Waals surface area contributed by atoms with Gasteiger partial charge >= 0.3 is 0 Å². The van der Waals surface area contributed by atoms with E-state index in [9.17, 15) is 4.79 Å². The van der Waals surface area contributed by atoms with Crippen LogP contribution in [0.5, 0.6) is 0 Å². The van der Waals surface area contributed by atoms with Crippen LogP contribution in [0, 0.1) is 0 Å². The van der Waals surface area contributed by atoms with Crippen LogP contribution in [0.25, 0.3) is 11.4 Å². The molecule has 0 unspecified atom stereocenters. The number of hydrogen-bond donors (Lipinski definition) is 0. The lowest BCUT2D eigenvalue weighted by Gasteiger charge is -2.17. The maximum atomic E-state index is 12.2. The van der Waals surface area contributed by atoms with E-state index in [1.165, 1.54) is 11.3 Å². The molecule has 0 spiro atoms. The third-order valence-corrected chi connectivity index (χ3v) is 6.09. The molecule has 3 heterocycles. The summed E-state index contributed by atoms with van der Waals surface area (Å²) in [5, 5.41) is 12.0. The highest BCUT2D eigenvalue weighted by Crippen LogP contribution is 2.31. The zero-order valence-corrected chi connectivity index (χ0v) is 17.5. The molecule has 0 bridgehead atoms. The molecule has 0 N–H and O–H groups in total. The smallest absolute Gasteiger partial charge is 0.230 e. The van der Waals surface area contributed by atoms with Crippen molar-refractivity contribution in [2.45, 2.75) is 17.8 Å². The Morgan fingerprint density at radius 3 is 2.72 bits per heavy atom. The van der Waals surface area contributed by atoms with Crippen LogP contribution in [0.3, 0.4) is 0 Å². The van der Waals surface area contributed by atoms with Crippen molar-refractivity contribution in [1.29, 1.82) is 0 Å². The van der Waals surface area contributed by atoms with E-state index in [0.717, 1.165) is 27.9 Å². The van der Waals surface area contributed by atoms with E-state index in [-0.39, 0.29) is 5.91 Å². The highest BCUT2D eigenvalue weighted by Gasteiger charge is 2.18. The number of benzene rings is 1. The Bertz CT molecular complexity index is 1110. The Labute approximate surface area is 176 Å². The monoisotopic (exact) mass is 422 g/mol. The second-order valence-electron chi connectivity index (χ2n) is 6.21. The second kappa shape index (κ2) is 8.54. The van der Waals surface area contributed by atoms with Gasteiger partial charge in [-0.3, -0.25) is 14.7 Å². The molecule has 4 aromatic rings. The molecule has 1 aromatic carbocycles. The fraction of sp³-hybridized carbons (Fsp3) is 0.150. The Hall–Kier alpha value is -3.04. The van der Waals surface area contributed by atoms with Crippen molar-refractivity contribution in [2.24, 2.45) is 7.05 Å². The SMILES string of the molecule is CC(=O)N(c1ccccc1)c1nc(CSc2nnc(-c3cccnc3)n2C)cs1. The highest BCUT2D eigenvalue weighted by molar-refractivity contribution is 7.98. The molecule has 0 atom stereocenters. The van der Waals surface area contributed by atoms with E-state index < -0.39 is 0 Å². The molecule has 0 saturated heterocycles. The molecule has 0 aliphatic rings. The fourth-order valence-corrected chi connectivity index (χ4v) is 4.59. The van der Waals surface area contributed by atoms with Gasteiger partial charge in [0, 0.05) is 43.1 Å². The van der Waals surface area contributed by atoms with Gasteiger partial charge in [-0.2, -0.15) is 0 Å². The van der Waals surface area contributed by atoms with Crippen LogP contribution in [-0.4, -0.2) is 30.6 Å². The molecule has 3 aromatic heterocycles. The van der Waals surface area contributed by atoms with Crippen LogP contribution >= 0.6 is 23.1 Å². The summed E-state index contributed by atoms with van der Waals surface area (Å²) in [4.78, 5) is 22.6. The van der Waals surface area contributed by atoms with E-state index in [4.69, 9.17) is 0 Å². The number of pyridine rings is 1. The van der Waals surface area contributed by atoms with Crippen LogP contribution in [0.1, 0.15) is 12.6 Å². The molecular weight excluding hydrogens is 404 g/mol. The largest absolute Gasteiger partial charge is 0.305 e. The lowest BCUT2D eigenvalue weighted by molar-refractivity contribution is -0.115. The summed E-state index contributed by atoms with van der Waals surface area (Å²) in [6, 6.07) is 13.4. The molecule has 4 rings (SSSR count). The first-order chi connectivity index (χ1) is 14.1.